The summed E-state index contributed by atoms with van der Waals surface area (Å²) < 4.78 is 0. The average molecular weight is 226 g/mol. The molecule has 0 saturated carbocycles. The Morgan fingerprint density at radius 1 is 1.53 bits per heavy atom. The second-order valence-corrected chi connectivity index (χ2v) is 4.37. The van der Waals surface area contributed by atoms with Crippen LogP contribution in [0.2, 0.25) is 0 Å². The van der Waals surface area contributed by atoms with Crippen LogP contribution in [0.15, 0.2) is 17.5 Å². The van der Waals surface area contributed by atoms with Gasteiger partial charge in [0.1, 0.15) is 0 Å². The van der Waals surface area contributed by atoms with Gasteiger partial charge in [0.2, 0.25) is 5.91 Å². The number of rotatable bonds is 5. The van der Waals surface area contributed by atoms with Crippen LogP contribution in [-0.2, 0) is 4.79 Å². The highest BCUT2D eigenvalue weighted by molar-refractivity contribution is 7.10. The van der Waals surface area contributed by atoms with Gasteiger partial charge in [-0.2, -0.15) is 0 Å². The Bertz CT molecular complexity index is 294. The molecule has 1 rings (SSSR count). The van der Waals surface area contributed by atoms with Gasteiger partial charge in [-0.05, 0) is 25.3 Å². The van der Waals surface area contributed by atoms with Gasteiger partial charge in [-0.1, -0.05) is 6.07 Å². The molecular weight excluding hydrogens is 208 g/mol. The normalized spacial score (nSPS) is 12.5. The average Bonchev–Trinajstić information content (AvgIpc) is 2.72. The van der Waals surface area contributed by atoms with Gasteiger partial charge < -0.3 is 10.6 Å². The Labute approximate surface area is 94.9 Å². The molecule has 2 N–H and O–H groups in total. The van der Waals surface area contributed by atoms with E-state index >= 15 is 0 Å². The van der Waals surface area contributed by atoms with Crippen LogP contribution >= 0.6 is 11.3 Å². The maximum atomic E-state index is 11.8. The van der Waals surface area contributed by atoms with Crippen molar-refractivity contribution < 1.29 is 4.79 Å². The quantitative estimate of drug-likeness (QED) is 0.834. The summed E-state index contributed by atoms with van der Waals surface area (Å²) in [5.74, 6) is 0.140. The number of thiophene rings is 1. The van der Waals surface area contributed by atoms with Crippen LogP contribution in [-0.4, -0.2) is 23.9 Å². The summed E-state index contributed by atoms with van der Waals surface area (Å²) in [6.07, 6.45) is 0.405. The van der Waals surface area contributed by atoms with E-state index in [1.165, 1.54) is 0 Å². The SMILES string of the molecule is CCN(CC)C(=O)CC(N)c1cccs1. The van der Waals surface area contributed by atoms with E-state index in [1.54, 1.807) is 11.3 Å². The second-order valence-electron chi connectivity index (χ2n) is 3.39. The fourth-order valence-electron chi connectivity index (χ4n) is 1.50. The van der Waals surface area contributed by atoms with Crippen molar-refractivity contribution >= 4 is 17.2 Å². The summed E-state index contributed by atoms with van der Waals surface area (Å²) in [4.78, 5) is 14.7. The Kier molecular flexibility index (Phi) is 4.78. The van der Waals surface area contributed by atoms with Gasteiger partial charge in [-0.15, -0.1) is 11.3 Å². The number of carbonyl (C=O) groups is 1. The number of hydrogen-bond donors (Lipinski definition) is 1. The summed E-state index contributed by atoms with van der Waals surface area (Å²) in [7, 11) is 0. The fraction of sp³-hybridized carbons (Fsp3) is 0.545. The molecular formula is C11H18N2OS. The Balaban J connectivity index is 2.51. The first-order chi connectivity index (χ1) is 7.19. The third kappa shape index (κ3) is 3.32. The lowest BCUT2D eigenvalue weighted by Gasteiger charge is -2.20. The van der Waals surface area contributed by atoms with E-state index in [2.05, 4.69) is 0 Å². The van der Waals surface area contributed by atoms with Gasteiger partial charge in [-0.25, -0.2) is 0 Å². The molecule has 4 heteroatoms. The first kappa shape index (κ1) is 12.2. The molecule has 1 unspecified atom stereocenters. The molecule has 1 aromatic rings. The van der Waals surface area contributed by atoms with Crippen molar-refractivity contribution in [3.63, 3.8) is 0 Å². The lowest BCUT2D eigenvalue weighted by atomic mass is 10.1. The zero-order valence-electron chi connectivity index (χ0n) is 9.27. The van der Waals surface area contributed by atoms with Gasteiger partial charge in [0.05, 0.1) is 0 Å². The molecule has 1 amide bonds. The van der Waals surface area contributed by atoms with Crippen LogP contribution in [0.5, 0.6) is 0 Å². The Morgan fingerprint density at radius 2 is 2.20 bits per heavy atom. The zero-order chi connectivity index (χ0) is 11.3. The van der Waals surface area contributed by atoms with Crippen LogP contribution in [0.1, 0.15) is 31.2 Å². The highest BCUT2D eigenvalue weighted by Crippen LogP contribution is 2.20. The number of carbonyl (C=O) groups excluding carboxylic acids is 1. The third-order valence-electron chi connectivity index (χ3n) is 2.42. The van der Waals surface area contributed by atoms with Crippen LogP contribution in [0, 0.1) is 0 Å². The molecule has 0 aliphatic rings. The van der Waals surface area contributed by atoms with Gasteiger partial charge in [-0.3, -0.25) is 4.79 Å². The summed E-state index contributed by atoms with van der Waals surface area (Å²) in [6, 6.07) is 3.78. The lowest BCUT2D eigenvalue weighted by molar-refractivity contribution is -0.131. The van der Waals surface area contributed by atoms with E-state index in [1.807, 2.05) is 36.3 Å². The molecule has 0 radical (unpaired) electrons. The molecule has 0 aromatic carbocycles. The zero-order valence-corrected chi connectivity index (χ0v) is 10.1. The summed E-state index contributed by atoms with van der Waals surface area (Å²) in [6.45, 7) is 5.48. The Hall–Kier alpha value is -0.870. The minimum Gasteiger partial charge on any atom is -0.343 e. The maximum Gasteiger partial charge on any atom is 0.224 e. The van der Waals surface area contributed by atoms with Crippen LogP contribution in [0.25, 0.3) is 0 Å². The molecule has 84 valence electrons. The molecule has 0 spiro atoms. The van der Waals surface area contributed by atoms with Crippen molar-refractivity contribution in [2.45, 2.75) is 26.3 Å². The lowest BCUT2D eigenvalue weighted by Crippen LogP contribution is -2.32. The largest absolute Gasteiger partial charge is 0.343 e. The fourth-order valence-corrected chi connectivity index (χ4v) is 2.23. The maximum absolute atomic E-state index is 11.8. The molecule has 0 aliphatic heterocycles. The molecule has 0 aliphatic carbocycles. The molecule has 0 fully saturated rings. The molecule has 3 nitrogen and oxygen atoms in total. The number of hydrogen-bond acceptors (Lipinski definition) is 3. The van der Waals surface area contributed by atoms with Crippen molar-refractivity contribution in [1.82, 2.24) is 4.90 Å². The molecule has 1 atom stereocenters. The van der Waals surface area contributed by atoms with Crippen molar-refractivity contribution in [2.24, 2.45) is 5.73 Å². The topological polar surface area (TPSA) is 46.3 Å². The monoisotopic (exact) mass is 226 g/mol. The van der Waals surface area contributed by atoms with E-state index in [9.17, 15) is 4.79 Å². The predicted molar refractivity (Wildman–Crippen MR) is 63.8 cm³/mol. The summed E-state index contributed by atoms with van der Waals surface area (Å²) in [5, 5.41) is 1.98. The van der Waals surface area contributed by atoms with Gasteiger partial charge >= 0.3 is 0 Å². The van der Waals surface area contributed by atoms with E-state index in [0.29, 0.717) is 6.42 Å². The van der Waals surface area contributed by atoms with E-state index in [4.69, 9.17) is 5.73 Å². The number of nitrogens with zero attached hydrogens (tertiary/aromatic N) is 1. The van der Waals surface area contributed by atoms with Gasteiger partial charge in [0.15, 0.2) is 0 Å². The van der Waals surface area contributed by atoms with Crippen molar-refractivity contribution in [3.8, 4) is 0 Å². The van der Waals surface area contributed by atoms with Crippen molar-refractivity contribution in [3.05, 3.63) is 22.4 Å². The minimum atomic E-state index is -0.155. The molecule has 0 saturated heterocycles. The van der Waals surface area contributed by atoms with Crippen LogP contribution in [0.3, 0.4) is 0 Å². The highest BCUT2D eigenvalue weighted by atomic mass is 32.1. The summed E-state index contributed by atoms with van der Waals surface area (Å²) >= 11 is 1.60. The van der Waals surface area contributed by atoms with Crippen LogP contribution < -0.4 is 5.73 Å². The van der Waals surface area contributed by atoms with E-state index in [-0.39, 0.29) is 11.9 Å². The minimum absolute atomic E-state index is 0.140. The van der Waals surface area contributed by atoms with E-state index in [0.717, 1.165) is 18.0 Å². The van der Waals surface area contributed by atoms with Crippen molar-refractivity contribution in [1.29, 1.82) is 0 Å². The highest BCUT2D eigenvalue weighted by Gasteiger charge is 2.15. The third-order valence-corrected chi connectivity index (χ3v) is 3.42. The van der Waals surface area contributed by atoms with Gasteiger partial charge in [0, 0.05) is 30.4 Å². The molecule has 1 heterocycles. The predicted octanol–water partition coefficient (Wildman–Crippen LogP) is 2.01. The van der Waals surface area contributed by atoms with Gasteiger partial charge in [0.25, 0.3) is 0 Å². The standard InChI is InChI=1S/C11H18N2OS/c1-3-13(4-2)11(14)8-9(12)10-6-5-7-15-10/h5-7,9H,3-4,8,12H2,1-2H3. The smallest absolute Gasteiger partial charge is 0.224 e. The molecule has 1 aromatic heterocycles. The second kappa shape index (κ2) is 5.88. The molecule has 15 heavy (non-hydrogen) atoms. The number of nitrogens with two attached hydrogens (primary N) is 1. The van der Waals surface area contributed by atoms with Crippen LogP contribution in [0.4, 0.5) is 0 Å². The number of amides is 1. The van der Waals surface area contributed by atoms with Crippen molar-refractivity contribution in [2.75, 3.05) is 13.1 Å². The summed E-state index contributed by atoms with van der Waals surface area (Å²) in [5.41, 5.74) is 5.95. The first-order valence-corrected chi connectivity index (χ1v) is 6.13. The first-order valence-electron chi connectivity index (χ1n) is 5.25. The van der Waals surface area contributed by atoms with E-state index < -0.39 is 0 Å². The molecule has 0 bridgehead atoms. The Morgan fingerprint density at radius 3 is 2.67 bits per heavy atom.